The monoisotopic (exact) mass is 258 g/mol. The number of fused-ring (bicyclic) bond motifs is 1. The third kappa shape index (κ3) is 2.51. The summed E-state index contributed by atoms with van der Waals surface area (Å²) in [6, 6.07) is 7.81. The van der Waals surface area contributed by atoms with Gasteiger partial charge in [-0.1, -0.05) is 38.3 Å². The lowest BCUT2D eigenvalue weighted by atomic mass is 9.93. The summed E-state index contributed by atoms with van der Waals surface area (Å²) in [6.45, 7) is 4.18. The summed E-state index contributed by atoms with van der Waals surface area (Å²) in [4.78, 5) is 2.68. The molecule has 0 saturated heterocycles. The Bertz CT molecular complexity index is 435. The summed E-state index contributed by atoms with van der Waals surface area (Å²) < 4.78 is 0. The van der Waals surface area contributed by atoms with E-state index in [1.165, 1.54) is 56.3 Å². The molecule has 2 N–H and O–H groups in total. The fourth-order valence-electron chi connectivity index (χ4n) is 3.64. The predicted molar refractivity (Wildman–Crippen MR) is 81.8 cm³/mol. The highest BCUT2D eigenvalue weighted by Gasteiger charge is 2.27. The number of anilines is 1. The normalized spacial score (nSPS) is 21.5. The molecule has 2 heteroatoms. The number of rotatable bonds is 3. The van der Waals surface area contributed by atoms with Gasteiger partial charge in [0.15, 0.2) is 0 Å². The van der Waals surface area contributed by atoms with Gasteiger partial charge in [0, 0.05) is 18.3 Å². The molecule has 0 amide bonds. The minimum absolute atomic E-state index is 0.471. The zero-order valence-electron chi connectivity index (χ0n) is 12.1. The maximum absolute atomic E-state index is 5.81. The lowest BCUT2D eigenvalue weighted by Crippen LogP contribution is -2.35. The third-order valence-corrected chi connectivity index (χ3v) is 4.98. The number of hydrogen-bond donors (Lipinski definition) is 1. The minimum atomic E-state index is 0.471. The second-order valence-electron chi connectivity index (χ2n) is 6.26. The van der Waals surface area contributed by atoms with Crippen LogP contribution in [0.5, 0.6) is 0 Å². The second-order valence-corrected chi connectivity index (χ2v) is 6.26. The van der Waals surface area contributed by atoms with Crippen LogP contribution >= 0.6 is 0 Å². The molecular formula is C17H26N2. The largest absolute Gasteiger partial charge is 0.368 e. The SMILES string of the molecule is CC(CN)c1ccc2c(c1)N(C1CCCCC1)CC2. The van der Waals surface area contributed by atoms with E-state index in [-0.39, 0.29) is 0 Å². The number of hydrogen-bond acceptors (Lipinski definition) is 2. The Morgan fingerprint density at radius 2 is 2.05 bits per heavy atom. The molecule has 1 saturated carbocycles. The second kappa shape index (κ2) is 5.54. The maximum Gasteiger partial charge on any atom is 0.0404 e. The van der Waals surface area contributed by atoms with Crippen LogP contribution in [-0.2, 0) is 6.42 Å². The molecule has 1 unspecified atom stereocenters. The van der Waals surface area contributed by atoms with Gasteiger partial charge in [-0.3, -0.25) is 0 Å². The molecule has 0 bridgehead atoms. The Hall–Kier alpha value is -1.02. The third-order valence-electron chi connectivity index (χ3n) is 4.98. The van der Waals surface area contributed by atoms with E-state index >= 15 is 0 Å². The van der Waals surface area contributed by atoms with E-state index < -0.39 is 0 Å². The summed E-state index contributed by atoms with van der Waals surface area (Å²) in [5.41, 5.74) is 10.3. The molecular weight excluding hydrogens is 232 g/mol. The summed E-state index contributed by atoms with van der Waals surface area (Å²) in [5, 5.41) is 0. The first-order valence-electron chi connectivity index (χ1n) is 7.89. The molecule has 0 aromatic heterocycles. The van der Waals surface area contributed by atoms with Crippen molar-refractivity contribution < 1.29 is 0 Å². The van der Waals surface area contributed by atoms with Crippen molar-refractivity contribution in [1.29, 1.82) is 0 Å². The highest BCUT2D eigenvalue weighted by molar-refractivity contribution is 5.60. The van der Waals surface area contributed by atoms with Crippen molar-refractivity contribution in [1.82, 2.24) is 0 Å². The van der Waals surface area contributed by atoms with Crippen molar-refractivity contribution in [3.8, 4) is 0 Å². The average molecular weight is 258 g/mol. The van der Waals surface area contributed by atoms with Crippen molar-refractivity contribution in [2.75, 3.05) is 18.0 Å². The molecule has 104 valence electrons. The number of nitrogens with zero attached hydrogens (tertiary/aromatic N) is 1. The van der Waals surface area contributed by atoms with Gasteiger partial charge in [-0.25, -0.2) is 0 Å². The Labute approximate surface area is 117 Å². The highest BCUT2D eigenvalue weighted by atomic mass is 15.2. The van der Waals surface area contributed by atoms with Crippen molar-refractivity contribution in [2.45, 2.75) is 57.4 Å². The molecule has 1 fully saturated rings. The standard InChI is InChI=1S/C17H26N2/c1-13(12-18)15-8-7-14-9-10-19(17(14)11-15)16-5-3-2-4-6-16/h7-8,11,13,16H,2-6,9-10,12,18H2,1H3. The first-order valence-corrected chi connectivity index (χ1v) is 7.89. The van der Waals surface area contributed by atoms with Crippen molar-refractivity contribution in [3.63, 3.8) is 0 Å². The van der Waals surface area contributed by atoms with Gasteiger partial charge in [-0.15, -0.1) is 0 Å². The van der Waals surface area contributed by atoms with Gasteiger partial charge >= 0.3 is 0 Å². The van der Waals surface area contributed by atoms with E-state index in [0.29, 0.717) is 5.92 Å². The van der Waals surface area contributed by atoms with Crippen LogP contribution < -0.4 is 10.6 Å². The van der Waals surface area contributed by atoms with E-state index in [9.17, 15) is 0 Å². The van der Waals surface area contributed by atoms with E-state index in [0.717, 1.165) is 12.6 Å². The van der Waals surface area contributed by atoms with Gasteiger partial charge in [0.25, 0.3) is 0 Å². The van der Waals surface area contributed by atoms with Crippen LogP contribution in [0.2, 0.25) is 0 Å². The number of nitrogens with two attached hydrogens (primary N) is 1. The molecule has 1 aromatic rings. The fraction of sp³-hybridized carbons (Fsp3) is 0.647. The lowest BCUT2D eigenvalue weighted by Gasteiger charge is -2.33. The van der Waals surface area contributed by atoms with E-state index in [1.54, 1.807) is 5.56 Å². The van der Waals surface area contributed by atoms with Gasteiger partial charge in [0.1, 0.15) is 0 Å². The minimum Gasteiger partial charge on any atom is -0.368 e. The first kappa shape index (κ1) is 13.0. The van der Waals surface area contributed by atoms with Crippen LogP contribution in [0.1, 0.15) is 56.1 Å². The molecule has 2 nitrogen and oxygen atoms in total. The summed E-state index contributed by atoms with van der Waals surface area (Å²) in [5.74, 6) is 0.471. The summed E-state index contributed by atoms with van der Waals surface area (Å²) in [7, 11) is 0. The molecule has 1 heterocycles. The summed E-state index contributed by atoms with van der Waals surface area (Å²) in [6.07, 6.45) is 8.25. The van der Waals surface area contributed by atoms with Crippen LogP contribution in [0.25, 0.3) is 0 Å². The lowest BCUT2D eigenvalue weighted by molar-refractivity contribution is 0.420. The molecule has 3 rings (SSSR count). The van der Waals surface area contributed by atoms with Crippen LogP contribution in [0.3, 0.4) is 0 Å². The molecule has 2 aliphatic rings. The first-order chi connectivity index (χ1) is 9.29. The Kier molecular flexibility index (Phi) is 3.79. The topological polar surface area (TPSA) is 29.3 Å². The van der Waals surface area contributed by atoms with Crippen LogP contribution in [0.15, 0.2) is 18.2 Å². The molecule has 1 aliphatic carbocycles. The smallest absolute Gasteiger partial charge is 0.0404 e. The zero-order chi connectivity index (χ0) is 13.2. The number of benzene rings is 1. The quantitative estimate of drug-likeness (QED) is 0.900. The van der Waals surface area contributed by atoms with Gasteiger partial charge in [0.05, 0.1) is 0 Å². The van der Waals surface area contributed by atoms with Crippen LogP contribution in [-0.4, -0.2) is 19.1 Å². The van der Waals surface area contributed by atoms with Gasteiger partial charge in [-0.05, 0) is 48.9 Å². The fourth-order valence-corrected chi connectivity index (χ4v) is 3.64. The van der Waals surface area contributed by atoms with Crippen molar-refractivity contribution in [2.24, 2.45) is 5.73 Å². The molecule has 19 heavy (non-hydrogen) atoms. The maximum atomic E-state index is 5.81. The Balaban J connectivity index is 1.85. The molecule has 1 atom stereocenters. The van der Waals surface area contributed by atoms with Gasteiger partial charge in [0.2, 0.25) is 0 Å². The Morgan fingerprint density at radius 1 is 1.26 bits per heavy atom. The summed E-state index contributed by atoms with van der Waals surface area (Å²) >= 11 is 0. The predicted octanol–water partition coefficient (Wildman–Crippen LogP) is 3.44. The van der Waals surface area contributed by atoms with Crippen LogP contribution in [0, 0.1) is 0 Å². The highest BCUT2D eigenvalue weighted by Crippen LogP contribution is 2.36. The molecule has 1 aromatic carbocycles. The van der Waals surface area contributed by atoms with Crippen molar-refractivity contribution in [3.05, 3.63) is 29.3 Å². The van der Waals surface area contributed by atoms with Gasteiger partial charge in [-0.2, -0.15) is 0 Å². The van der Waals surface area contributed by atoms with Crippen LogP contribution in [0.4, 0.5) is 5.69 Å². The average Bonchev–Trinajstić information content (AvgIpc) is 2.90. The van der Waals surface area contributed by atoms with E-state index in [2.05, 4.69) is 30.0 Å². The van der Waals surface area contributed by atoms with Gasteiger partial charge < -0.3 is 10.6 Å². The molecule has 0 radical (unpaired) electrons. The van der Waals surface area contributed by atoms with E-state index in [1.807, 2.05) is 0 Å². The van der Waals surface area contributed by atoms with Crippen molar-refractivity contribution >= 4 is 5.69 Å². The van der Waals surface area contributed by atoms with E-state index in [4.69, 9.17) is 5.73 Å². The molecule has 0 spiro atoms. The zero-order valence-corrected chi connectivity index (χ0v) is 12.1. The Morgan fingerprint density at radius 3 is 2.79 bits per heavy atom. The molecule has 1 aliphatic heterocycles.